The highest BCUT2D eigenvalue weighted by Crippen LogP contribution is 2.33. The minimum atomic E-state index is -0.839. The lowest BCUT2D eigenvalue weighted by atomic mass is 10.2. The molecule has 0 spiro atoms. The lowest BCUT2D eigenvalue weighted by Gasteiger charge is -2.18. The highest BCUT2D eigenvalue weighted by Gasteiger charge is 2.20. The van der Waals surface area contributed by atoms with E-state index in [9.17, 15) is 14.0 Å². The molecule has 8 nitrogen and oxygen atoms in total. The number of hydrogen-bond acceptors (Lipinski definition) is 6. The second-order valence-electron chi connectivity index (χ2n) is 7.63. The Morgan fingerprint density at radius 3 is 2.56 bits per heavy atom. The molecule has 10 heteroatoms. The second kappa shape index (κ2) is 9.69. The minimum absolute atomic E-state index is 0.000129. The van der Waals surface area contributed by atoms with Gasteiger partial charge in [-0.15, -0.1) is 5.10 Å². The predicted molar refractivity (Wildman–Crippen MR) is 116 cm³/mol. The first kappa shape index (κ1) is 23.1. The van der Waals surface area contributed by atoms with E-state index in [2.05, 4.69) is 10.4 Å². The summed E-state index contributed by atoms with van der Waals surface area (Å²) in [5.74, 6) is -0.852. The average Bonchev–Trinajstić information content (AvgIpc) is 3.18. The molecular weight excluding hydrogens is 441 g/mol. The third-order valence-electron chi connectivity index (χ3n) is 3.83. The van der Waals surface area contributed by atoms with E-state index in [0.29, 0.717) is 0 Å². The number of anilines is 1. The first-order valence-corrected chi connectivity index (χ1v) is 9.92. The molecule has 32 heavy (non-hydrogen) atoms. The molecule has 0 radical (unpaired) electrons. The molecule has 3 rings (SSSR count). The molecule has 3 aromatic rings. The monoisotopic (exact) mass is 461 g/mol. The number of nitrogens with one attached hydrogen (secondary N) is 1. The Labute approximate surface area is 188 Å². The number of hydrogen-bond donors (Lipinski definition) is 1. The molecule has 0 bridgehead atoms. The van der Waals surface area contributed by atoms with Crippen LogP contribution in [0.15, 0.2) is 54.7 Å². The molecule has 1 amide bonds. The van der Waals surface area contributed by atoms with Crippen LogP contribution in [-0.4, -0.2) is 27.6 Å². The van der Waals surface area contributed by atoms with Crippen molar-refractivity contribution in [3.63, 3.8) is 0 Å². The van der Waals surface area contributed by atoms with Gasteiger partial charge in [0.2, 0.25) is 5.88 Å². The Hall–Kier alpha value is -3.59. The number of nitrogens with zero attached hydrogens (tertiary/aromatic N) is 2. The first-order chi connectivity index (χ1) is 15.1. The topological polar surface area (TPSA) is 91.7 Å². The molecular formula is C22H21ClFN3O5. The van der Waals surface area contributed by atoms with Gasteiger partial charge in [-0.05, 0) is 32.4 Å². The van der Waals surface area contributed by atoms with Gasteiger partial charge >= 0.3 is 12.2 Å². The molecule has 0 saturated heterocycles. The van der Waals surface area contributed by atoms with Crippen LogP contribution in [0.25, 0.3) is 0 Å². The molecule has 0 aliphatic carbocycles. The van der Waals surface area contributed by atoms with Crippen LogP contribution in [0.3, 0.4) is 0 Å². The van der Waals surface area contributed by atoms with Gasteiger partial charge in [-0.1, -0.05) is 41.9 Å². The second-order valence-corrected chi connectivity index (χ2v) is 8.04. The largest absolute Gasteiger partial charge is 0.444 e. The summed E-state index contributed by atoms with van der Waals surface area (Å²) in [6, 6.07) is 12.6. The number of rotatable bonds is 5. The molecule has 0 saturated carbocycles. The van der Waals surface area contributed by atoms with Crippen molar-refractivity contribution in [1.82, 2.24) is 9.78 Å². The van der Waals surface area contributed by atoms with Crippen LogP contribution in [0.1, 0.15) is 26.3 Å². The smallest absolute Gasteiger partial charge is 0.435 e. The summed E-state index contributed by atoms with van der Waals surface area (Å²) in [5, 5.41) is 6.24. The fraction of sp³-hybridized carbons (Fsp3) is 0.227. The van der Waals surface area contributed by atoms with Gasteiger partial charge in [-0.2, -0.15) is 4.68 Å². The third-order valence-corrected chi connectivity index (χ3v) is 4.13. The fourth-order valence-electron chi connectivity index (χ4n) is 2.46. The molecule has 2 aromatic carbocycles. The molecule has 0 unspecified atom stereocenters. The summed E-state index contributed by atoms with van der Waals surface area (Å²) >= 11 is 6.15. The molecule has 1 heterocycles. The van der Waals surface area contributed by atoms with E-state index >= 15 is 0 Å². The van der Waals surface area contributed by atoms with Crippen molar-refractivity contribution in [2.75, 3.05) is 5.32 Å². The molecule has 0 fully saturated rings. The van der Waals surface area contributed by atoms with Gasteiger partial charge in [-0.3, -0.25) is 5.32 Å². The Kier molecular flexibility index (Phi) is 6.99. The summed E-state index contributed by atoms with van der Waals surface area (Å²) in [5.41, 5.74) is -0.0860. The average molecular weight is 462 g/mol. The minimum Gasteiger partial charge on any atom is -0.444 e. The predicted octanol–water partition coefficient (Wildman–Crippen LogP) is 6.00. The van der Waals surface area contributed by atoms with E-state index in [-0.39, 0.29) is 28.9 Å². The van der Waals surface area contributed by atoms with E-state index in [1.165, 1.54) is 18.3 Å². The van der Waals surface area contributed by atoms with Crippen LogP contribution in [0.4, 0.5) is 19.7 Å². The van der Waals surface area contributed by atoms with E-state index in [0.717, 1.165) is 16.3 Å². The standard InChI is InChI=1S/C22H21ClFN3O5/c1-22(2,3)32-21(29)27-10-9-19(26-27)31-18-12-16(24)17(11-15(18)23)25-20(28)30-13-14-7-5-4-6-8-14/h4-12H,13H2,1-3H3,(H,25,28). The maximum atomic E-state index is 14.5. The maximum absolute atomic E-state index is 14.5. The number of carbonyl (C=O) groups excluding carboxylic acids is 2. The summed E-state index contributed by atoms with van der Waals surface area (Å²) in [6.45, 7) is 5.20. The Morgan fingerprint density at radius 1 is 1.16 bits per heavy atom. The van der Waals surface area contributed by atoms with Crippen molar-refractivity contribution < 1.29 is 28.2 Å². The normalized spacial score (nSPS) is 11.0. The number of halogens is 2. The molecule has 0 atom stereocenters. The Morgan fingerprint density at radius 2 is 1.88 bits per heavy atom. The van der Waals surface area contributed by atoms with Crippen LogP contribution in [0, 0.1) is 5.82 Å². The number of aromatic nitrogens is 2. The lowest BCUT2D eigenvalue weighted by Crippen LogP contribution is -2.27. The van der Waals surface area contributed by atoms with Gasteiger partial charge in [0.15, 0.2) is 11.6 Å². The van der Waals surface area contributed by atoms with Crippen molar-refractivity contribution in [3.8, 4) is 11.6 Å². The first-order valence-electron chi connectivity index (χ1n) is 9.54. The summed E-state index contributed by atoms with van der Waals surface area (Å²) in [7, 11) is 0. The zero-order valence-electron chi connectivity index (χ0n) is 17.6. The van der Waals surface area contributed by atoms with Gasteiger partial charge in [0.1, 0.15) is 12.2 Å². The van der Waals surface area contributed by atoms with Crippen molar-refractivity contribution in [1.29, 1.82) is 0 Å². The van der Waals surface area contributed by atoms with Crippen LogP contribution in [-0.2, 0) is 16.1 Å². The summed E-state index contributed by atoms with van der Waals surface area (Å²) < 4.78 is 31.1. The lowest BCUT2D eigenvalue weighted by molar-refractivity contribution is 0.0512. The van der Waals surface area contributed by atoms with Crippen molar-refractivity contribution in [2.45, 2.75) is 33.0 Å². The fourth-order valence-corrected chi connectivity index (χ4v) is 2.66. The molecule has 1 N–H and O–H groups in total. The van der Waals surface area contributed by atoms with Crippen molar-refractivity contribution in [2.24, 2.45) is 0 Å². The Bertz CT molecular complexity index is 1110. The van der Waals surface area contributed by atoms with Gasteiger partial charge in [0.25, 0.3) is 0 Å². The number of amides is 1. The van der Waals surface area contributed by atoms with E-state index in [4.69, 9.17) is 25.8 Å². The van der Waals surface area contributed by atoms with Gasteiger partial charge in [-0.25, -0.2) is 14.0 Å². The zero-order chi connectivity index (χ0) is 23.3. The van der Waals surface area contributed by atoms with E-state index in [1.54, 1.807) is 32.9 Å². The molecule has 1 aromatic heterocycles. The number of ether oxygens (including phenoxy) is 3. The van der Waals surface area contributed by atoms with Gasteiger partial charge in [0, 0.05) is 18.3 Å². The molecule has 168 valence electrons. The van der Waals surface area contributed by atoms with Crippen LogP contribution >= 0.6 is 11.6 Å². The van der Waals surface area contributed by atoms with Crippen LogP contribution < -0.4 is 10.1 Å². The van der Waals surface area contributed by atoms with Crippen LogP contribution in [0.5, 0.6) is 11.6 Å². The zero-order valence-corrected chi connectivity index (χ0v) is 18.4. The van der Waals surface area contributed by atoms with Crippen LogP contribution in [0.2, 0.25) is 5.02 Å². The number of carbonyl (C=O) groups is 2. The third kappa shape index (κ3) is 6.45. The Balaban J connectivity index is 1.63. The highest BCUT2D eigenvalue weighted by atomic mass is 35.5. The van der Waals surface area contributed by atoms with Crippen molar-refractivity contribution >= 4 is 29.5 Å². The van der Waals surface area contributed by atoms with Gasteiger partial charge < -0.3 is 14.2 Å². The SMILES string of the molecule is CC(C)(C)OC(=O)n1ccc(Oc2cc(F)c(NC(=O)OCc3ccccc3)cc2Cl)n1. The van der Waals surface area contributed by atoms with E-state index in [1.807, 2.05) is 18.2 Å². The summed E-state index contributed by atoms with van der Waals surface area (Å²) in [4.78, 5) is 24.0. The maximum Gasteiger partial charge on any atom is 0.435 e. The molecule has 0 aliphatic rings. The van der Waals surface area contributed by atoms with Crippen molar-refractivity contribution in [3.05, 3.63) is 71.1 Å². The quantitative estimate of drug-likeness (QED) is 0.501. The molecule has 0 aliphatic heterocycles. The number of benzene rings is 2. The van der Waals surface area contributed by atoms with E-state index < -0.39 is 23.6 Å². The summed E-state index contributed by atoms with van der Waals surface area (Å²) in [6.07, 6.45) is -0.196. The van der Waals surface area contributed by atoms with Gasteiger partial charge in [0.05, 0.1) is 10.7 Å². The highest BCUT2D eigenvalue weighted by molar-refractivity contribution is 6.32.